The molecule has 2 N–H and O–H groups in total. The summed E-state index contributed by atoms with van der Waals surface area (Å²) in [5.41, 5.74) is 0. The number of carbonyl (C=O) groups excluding carboxylic acids is 1. The number of ether oxygens (including phenoxy) is 2. The van der Waals surface area contributed by atoms with E-state index in [-0.39, 0.29) is 25.3 Å². The quantitative estimate of drug-likeness (QED) is 0.771. The molecule has 7 heteroatoms. The van der Waals surface area contributed by atoms with Crippen molar-refractivity contribution in [3.63, 3.8) is 0 Å². The molecule has 0 aromatic carbocycles. The highest BCUT2D eigenvalue weighted by Gasteiger charge is 2.37. The van der Waals surface area contributed by atoms with E-state index in [1.165, 1.54) is 0 Å². The van der Waals surface area contributed by atoms with Crippen molar-refractivity contribution in [1.82, 2.24) is 10.2 Å². The second-order valence-electron chi connectivity index (χ2n) is 5.52. The molecule has 114 valence electrons. The average molecular weight is 286 g/mol. The van der Waals surface area contributed by atoms with E-state index < -0.39 is 17.9 Å². The Morgan fingerprint density at radius 1 is 1.40 bits per heavy atom. The van der Waals surface area contributed by atoms with Crippen LogP contribution < -0.4 is 5.32 Å². The van der Waals surface area contributed by atoms with Crippen molar-refractivity contribution in [2.24, 2.45) is 11.8 Å². The van der Waals surface area contributed by atoms with Crippen LogP contribution >= 0.6 is 0 Å². The summed E-state index contributed by atoms with van der Waals surface area (Å²) in [6.45, 7) is 3.71. The molecule has 20 heavy (non-hydrogen) atoms. The summed E-state index contributed by atoms with van der Waals surface area (Å²) in [6, 6.07) is -0.693. The molecule has 2 fully saturated rings. The minimum atomic E-state index is -0.935. The molecular weight excluding hydrogens is 264 g/mol. The fourth-order valence-electron chi connectivity index (χ4n) is 2.71. The predicted octanol–water partition coefficient (Wildman–Crippen LogP) is 0.152. The van der Waals surface area contributed by atoms with Crippen LogP contribution in [-0.4, -0.2) is 67.6 Å². The Kier molecular flexibility index (Phi) is 4.82. The lowest BCUT2D eigenvalue weighted by Gasteiger charge is -2.36. The standard InChI is InChI=1S/C13H22N2O5/c1-8-3-4-15(5-11(8)19-2)13(18)14-10-7-20-6-9(10)12(16)17/h8-11H,3-7H2,1-2H3,(H,14,18)(H,16,17). The van der Waals surface area contributed by atoms with E-state index in [2.05, 4.69) is 12.2 Å². The minimum absolute atomic E-state index is 0.0320. The van der Waals surface area contributed by atoms with Crippen molar-refractivity contribution in [3.8, 4) is 0 Å². The lowest BCUT2D eigenvalue weighted by atomic mass is 9.96. The lowest BCUT2D eigenvalue weighted by Crippen LogP contribution is -2.54. The summed E-state index contributed by atoms with van der Waals surface area (Å²) in [5.74, 6) is -1.18. The molecule has 2 aliphatic rings. The number of piperidine rings is 1. The zero-order chi connectivity index (χ0) is 14.7. The van der Waals surface area contributed by atoms with Gasteiger partial charge < -0.3 is 24.8 Å². The van der Waals surface area contributed by atoms with Gasteiger partial charge in [0, 0.05) is 20.2 Å². The van der Waals surface area contributed by atoms with Crippen molar-refractivity contribution in [2.75, 3.05) is 33.4 Å². The van der Waals surface area contributed by atoms with Crippen LogP contribution in [0.1, 0.15) is 13.3 Å². The maximum absolute atomic E-state index is 12.2. The monoisotopic (exact) mass is 286 g/mol. The van der Waals surface area contributed by atoms with Gasteiger partial charge in [-0.1, -0.05) is 6.92 Å². The molecule has 0 spiro atoms. The number of likely N-dealkylation sites (tertiary alicyclic amines) is 1. The molecule has 0 saturated carbocycles. The highest BCUT2D eigenvalue weighted by molar-refractivity contribution is 5.77. The van der Waals surface area contributed by atoms with Gasteiger partial charge in [0.25, 0.3) is 0 Å². The number of carboxylic acid groups (broad SMARTS) is 1. The molecule has 0 aromatic heterocycles. The highest BCUT2D eigenvalue weighted by Crippen LogP contribution is 2.20. The molecule has 4 atom stereocenters. The van der Waals surface area contributed by atoms with E-state index in [9.17, 15) is 9.59 Å². The van der Waals surface area contributed by atoms with Gasteiger partial charge in [-0.3, -0.25) is 4.79 Å². The fraction of sp³-hybridized carbons (Fsp3) is 0.846. The first kappa shape index (κ1) is 15.1. The number of amides is 2. The molecule has 2 amide bonds. The van der Waals surface area contributed by atoms with Crippen LogP contribution in [-0.2, 0) is 14.3 Å². The van der Waals surface area contributed by atoms with Crippen LogP contribution in [0, 0.1) is 11.8 Å². The minimum Gasteiger partial charge on any atom is -0.481 e. The summed E-state index contributed by atoms with van der Waals surface area (Å²) in [4.78, 5) is 24.9. The Balaban J connectivity index is 1.90. The SMILES string of the molecule is COC1CN(C(=O)NC2COCC2C(=O)O)CCC1C. The number of hydrogen-bond acceptors (Lipinski definition) is 4. The number of nitrogens with one attached hydrogen (secondary N) is 1. The van der Waals surface area contributed by atoms with Gasteiger partial charge in [0.2, 0.25) is 0 Å². The average Bonchev–Trinajstić information content (AvgIpc) is 2.87. The van der Waals surface area contributed by atoms with Gasteiger partial charge in [-0.25, -0.2) is 4.79 Å². The van der Waals surface area contributed by atoms with Gasteiger partial charge in [-0.15, -0.1) is 0 Å². The molecule has 2 saturated heterocycles. The zero-order valence-electron chi connectivity index (χ0n) is 11.9. The summed E-state index contributed by atoms with van der Waals surface area (Å²) in [5, 5.41) is 11.8. The first-order valence-electron chi connectivity index (χ1n) is 6.91. The lowest BCUT2D eigenvalue weighted by molar-refractivity contribution is -0.142. The first-order chi connectivity index (χ1) is 9.52. The van der Waals surface area contributed by atoms with Crippen LogP contribution in [0.2, 0.25) is 0 Å². The zero-order valence-corrected chi connectivity index (χ0v) is 11.9. The predicted molar refractivity (Wildman–Crippen MR) is 70.4 cm³/mol. The second-order valence-corrected chi connectivity index (χ2v) is 5.52. The fourth-order valence-corrected chi connectivity index (χ4v) is 2.71. The number of rotatable bonds is 3. The molecule has 2 aliphatic heterocycles. The van der Waals surface area contributed by atoms with Gasteiger partial charge in [0.05, 0.1) is 25.4 Å². The summed E-state index contributed by atoms with van der Waals surface area (Å²) in [6.07, 6.45) is 0.916. The molecule has 0 radical (unpaired) electrons. The normalized spacial score (nSPS) is 34.0. The molecular formula is C13H22N2O5. The third-order valence-corrected chi connectivity index (χ3v) is 4.19. The topological polar surface area (TPSA) is 88.1 Å². The third kappa shape index (κ3) is 3.21. The van der Waals surface area contributed by atoms with Crippen molar-refractivity contribution in [1.29, 1.82) is 0 Å². The van der Waals surface area contributed by atoms with E-state index in [1.54, 1.807) is 12.0 Å². The van der Waals surface area contributed by atoms with Crippen molar-refractivity contribution < 1.29 is 24.2 Å². The number of methoxy groups -OCH3 is 1. The summed E-state index contributed by atoms with van der Waals surface area (Å²) >= 11 is 0. The number of urea groups is 1. The number of nitrogens with zero attached hydrogens (tertiary/aromatic N) is 1. The van der Waals surface area contributed by atoms with E-state index in [0.717, 1.165) is 6.42 Å². The Bertz CT molecular complexity index is 376. The van der Waals surface area contributed by atoms with E-state index in [1.807, 2.05) is 0 Å². The largest absolute Gasteiger partial charge is 0.481 e. The summed E-state index contributed by atoms with van der Waals surface area (Å²) < 4.78 is 10.5. The van der Waals surface area contributed by atoms with Gasteiger partial charge in [0.15, 0.2) is 0 Å². The molecule has 0 aliphatic carbocycles. The second kappa shape index (κ2) is 6.41. The summed E-state index contributed by atoms with van der Waals surface area (Å²) in [7, 11) is 1.65. The highest BCUT2D eigenvalue weighted by atomic mass is 16.5. The molecule has 0 aromatic rings. The maximum Gasteiger partial charge on any atom is 0.317 e. The smallest absolute Gasteiger partial charge is 0.317 e. The molecule has 4 unspecified atom stereocenters. The molecule has 7 nitrogen and oxygen atoms in total. The number of hydrogen-bond donors (Lipinski definition) is 2. The van der Waals surface area contributed by atoms with Gasteiger partial charge in [-0.2, -0.15) is 0 Å². The number of aliphatic carboxylic acids is 1. The number of carbonyl (C=O) groups is 2. The van der Waals surface area contributed by atoms with Crippen LogP contribution in [0.15, 0.2) is 0 Å². The maximum atomic E-state index is 12.2. The van der Waals surface area contributed by atoms with E-state index >= 15 is 0 Å². The number of carboxylic acids is 1. The van der Waals surface area contributed by atoms with Crippen LogP contribution in [0.5, 0.6) is 0 Å². The van der Waals surface area contributed by atoms with Crippen LogP contribution in [0.25, 0.3) is 0 Å². The van der Waals surface area contributed by atoms with Crippen molar-refractivity contribution in [2.45, 2.75) is 25.5 Å². The van der Waals surface area contributed by atoms with Crippen molar-refractivity contribution >= 4 is 12.0 Å². The van der Waals surface area contributed by atoms with Crippen LogP contribution in [0.3, 0.4) is 0 Å². The van der Waals surface area contributed by atoms with E-state index in [4.69, 9.17) is 14.6 Å². The van der Waals surface area contributed by atoms with Gasteiger partial charge in [-0.05, 0) is 12.3 Å². The Labute approximate surface area is 118 Å². The Hall–Kier alpha value is -1.34. The van der Waals surface area contributed by atoms with Crippen LogP contribution in [0.4, 0.5) is 4.79 Å². The molecule has 2 heterocycles. The molecule has 0 bridgehead atoms. The van der Waals surface area contributed by atoms with E-state index in [0.29, 0.717) is 19.0 Å². The van der Waals surface area contributed by atoms with Gasteiger partial charge >= 0.3 is 12.0 Å². The third-order valence-electron chi connectivity index (χ3n) is 4.19. The van der Waals surface area contributed by atoms with Gasteiger partial charge in [0.1, 0.15) is 5.92 Å². The Morgan fingerprint density at radius 3 is 2.80 bits per heavy atom. The first-order valence-corrected chi connectivity index (χ1v) is 6.91. The Morgan fingerprint density at radius 2 is 2.15 bits per heavy atom. The van der Waals surface area contributed by atoms with Crippen molar-refractivity contribution in [3.05, 3.63) is 0 Å². The molecule has 2 rings (SSSR count).